The number of ether oxygens (including phenoxy) is 2. The third kappa shape index (κ3) is 6.51. The lowest BCUT2D eigenvalue weighted by molar-refractivity contribution is -0.160. The van der Waals surface area contributed by atoms with E-state index in [9.17, 15) is 19.5 Å². The first kappa shape index (κ1) is 33.9. The zero-order valence-electron chi connectivity index (χ0n) is 27.9. The first-order chi connectivity index (χ1) is 21.7. The van der Waals surface area contributed by atoms with Gasteiger partial charge in [0.25, 0.3) is 0 Å². The van der Waals surface area contributed by atoms with Crippen LogP contribution in [0.15, 0.2) is 54.6 Å². The minimum atomic E-state index is -1.40. The zero-order valence-corrected chi connectivity index (χ0v) is 27.9. The van der Waals surface area contributed by atoms with Gasteiger partial charge >= 0.3 is 5.97 Å². The maximum Gasteiger partial charge on any atom is 0.313 e. The summed E-state index contributed by atoms with van der Waals surface area (Å²) in [6, 6.07) is 7.69. The Morgan fingerprint density at radius 1 is 1.04 bits per heavy atom. The van der Waals surface area contributed by atoms with Gasteiger partial charge in [0.05, 0.1) is 31.2 Å². The number of hydrogen-bond acceptors (Lipinski definition) is 7. The Morgan fingerprint density at radius 3 is 2.43 bits per heavy atom. The summed E-state index contributed by atoms with van der Waals surface area (Å²) in [5.74, 6) is -3.47. The number of allylic oxidation sites excluding steroid dienone is 1. The molecule has 0 radical (unpaired) electrons. The third-order valence-corrected chi connectivity index (χ3v) is 9.59. The predicted molar refractivity (Wildman–Crippen MR) is 172 cm³/mol. The van der Waals surface area contributed by atoms with Crippen molar-refractivity contribution < 1.29 is 33.8 Å². The van der Waals surface area contributed by atoms with Gasteiger partial charge in [-0.15, -0.1) is 0 Å². The van der Waals surface area contributed by atoms with Gasteiger partial charge in [-0.25, -0.2) is 0 Å². The molecule has 250 valence electrons. The van der Waals surface area contributed by atoms with Crippen molar-refractivity contribution in [1.82, 2.24) is 15.1 Å². The van der Waals surface area contributed by atoms with E-state index in [1.54, 1.807) is 24.0 Å². The maximum absolute atomic E-state index is 15.2. The van der Waals surface area contributed by atoms with E-state index in [4.69, 9.17) is 9.47 Å². The second kappa shape index (κ2) is 13.0. The number of esters is 1. The molecule has 1 spiro atoms. The molecular weight excluding hydrogens is 586 g/mol. The molecule has 0 aliphatic carbocycles. The minimum absolute atomic E-state index is 0.125. The second-order valence-electron chi connectivity index (χ2n) is 15.0. The number of carbonyl (C=O) groups excluding carboxylic acids is 4. The van der Waals surface area contributed by atoms with E-state index in [0.717, 1.165) is 5.56 Å². The average Bonchev–Trinajstić information content (AvgIpc) is 3.62. The van der Waals surface area contributed by atoms with Gasteiger partial charge in [0.2, 0.25) is 17.7 Å². The number of nitrogens with zero attached hydrogens (tertiary/aromatic N) is 2. The molecule has 1 aromatic rings. The van der Waals surface area contributed by atoms with Gasteiger partial charge in [0.1, 0.15) is 23.7 Å². The summed E-state index contributed by atoms with van der Waals surface area (Å²) >= 11 is 0. The van der Waals surface area contributed by atoms with Gasteiger partial charge in [-0.1, -0.05) is 75.4 Å². The largest absolute Gasteiger partial charge is 0.460 e. The number of amides is 3. The van der Waals surface area contributed by atoms with Crippen LogP contribution in [0.1, 0.15) is 66.4 Å². The molecule has 0 aromatic heterocycles. The van der Waals surface area contributed by atoms with Gasteiger partial charge in [-0.05, 0) is 51.0 Å². The molecule has 4 aliphatic rings. The SMILES string of the molecule is C[C@H]1CNC(=O)CC/C=C\CN(C(C)(C)CC(C)(C)C)C(=O)[C@H]2N([C@@H](CO)Cc3ccccc3)C(=O)[C@@H]3[C@@H](C(=O)O1)[C@H]1C=C[C@]32O1. The maximum atomic E-state index is 15.2. The van der Waals surface area contributed by atoms with Crippen LogP contribution in [0.4, 0.5) is 0 Å². The van der Waals surface area contributed by atoms with Crippen molar-refractivity contribution in [2.24, 2.45) is 17.3 Å². The molecule has 1 aromatic carbocycles. The Morgan fingerprint density at radius 2 is 1.76 bits per heavy atom. The molecule has 2 saturated heterocycles. The summed E-state index contributed by atoms with van der Waals surface area (Å²) in [6.07, 6.45) is 7.68. The van der Waals surface area contributed by atoms with Crippen molar-refractivity contribution in [1.29, 1.82) is 0 Å². The van der Waals surface area contributed by atoms with Crippen molar-refractivity contribution >= 4 is 23.7 Å². The van der Waals surface area contributed by atoms with Crippen molar-refractivity contribution in [2.75, 3.05) is 19.7 Å². The topological polar surface area (TPSA) is 125 Å². The summed E-state index contributed by atoms with van der Waals surface area (Å²) in [7, 11) is 0. The molecule has 0 unspecified atom stereocenters. The number of hydrogen-bond donors (Lipinski definition) is 2. The molecular formula is C36H49N3O7. The lowest BCUT2D eigenvalue weighted by Crippen LogP contribution is -2.62. The number of rotatable bonds is 6. The number of benzene rings is 1. The molecule has 2 fully saturated rings. The number of carbonyl (C=O) groups is 4. The summed E-state index contributed by atoms with van der Waals surface area (Å²) in [5, 5.41) is 13.6. The van der Waals surface area contributed by atoms with Gasteiger partial charge in [-0.3, -0.25) is 19.2 Å². The minimum Gasteiger partial charge on any atom is -0.460 e. The smallest absolute Gasteiger partial charge is 0.313 e. The van der Waals surface area contributed by atoms with Crippen LogP contribution in [0.25, 0.3) is 0 Å². The average molecular weight is 636 g/mol. The summed E-state index contributed by atoms with van der Waals surface area (Å²) in [5.41, 5.74) is -1.27. The van der Waals surface area contributed by atoms with Crippen LogP contribution in [0, 0.1) is 17.3 Å². The first-order valence-corrected chi connectivity index (χ1v) is 16.5. The predicted octanol–water partition coefficient (Wildman–Crippen LogP) is 3.18. The molecule has 10 nitrogen and oxygen atoms in total. The molecule has 4 aliphatic heterocycles. The Kier molecular flexibility index (Phi) is 9.53. The second-order valence-corrected chi connectivity index (χ2v) is 15.0. The number of aliphatic hydroxyl groups is 1. The van der Waals surface area contributed by atoms with Crippen LogP contribution in [-0.2, 0) is 35.1 Å². The highest BCUT2D eigenvalue weighted by atomic mass is 16.6. The molecule has 10 heteroatoms. The number of likely N-dealkylation sites (tertiary alicyclic amines) is 1. The molecule has 2 N–H and O–H groups in total. The summed E-state index contributed by atoms with van der Waals surface area (Å²) < 4.78 is 12.3. The van der Waals surface area contributed by atoms with E-state index in [2.05, 4.69) is 26.1 Å². The number of fused-ring (bicyclic) bond motifs is 2. The highest BCUT2D eigenvalue weighted by Crippen LogP contribution is 2.56. The molecule has 5 rings (SSSR count). The normalized spacial score (nSPS) is 31.9. The lowest BCUT2D eigenvalue weighted by Gasteiger charge is -2.46. The fourth-order valence-electron chi connectivity index (χ4n) is 8.04. The van der Waals surface area contributed by atoms with E-state index < -0.39 is 59.1 Å². The Hall–Kier alpha value is -3.50. The highest BCUT2D eigenvalue weighted by molar-refractivity contribution is 5.99. The van der Waals surface area contributed by atoms with Gasteiger partial charge in [0.15, 0.2) is 0 Å². The molecule has 5 bridgehead atoms. The van der Waals surface area contributed by atoms with Crippen molar-refractivity contribution in [3.05, 3.63) is 60.2 Å². The standard InChI is InChI=1S/C36H49N3O7/c1-23-20-37-27(41)15-11-8-12-18-38(35(5,6)22-34(2,3)4)32(43)30-36-17-16-26(46-36)28(33(44)45-23)29(36)31(42)39(30)25(21-40)19-24-13-9-7-10-14-24/h7-10,12-14,16-17,23,25-26,28-30,40H,11,15,18-22H2,1-6H3,(H,37,41)/b12-8-/t23-,25+,26+,28-,29-,30+,36-/m0/s1. The van der Waals surface area contributed by atoms with Crippen molar-refractivity contribution in [2.45, 2.75) is 103 Å². The quantitative estimate of drug-likeness (QED) is 0.363. The molecule has 7 atom stereocenters. The van der Waals surface area contributed by atoms with Crippen LogP contribution in [0.3, 0.4) is 0 Å². The van der Waals surface area contributed by atoms with E-state index in [1.165, 1.54) is 4.90 Å². The van der Waals surface area contributed by atoms with Crippen LogP contribution >= 0.6 is 0 Å². The third-order valence-electron chi connectivity index (χ3n) is 9.59. The van der Waals surface area contributed by atoms with Crippen molar-refractivity contribution in [3.63, 3.8) is 0 Å². The van der Waals surface area contributed by atoms with E-state index in [1.807, 2.05) is 56.3 Å². The molecule has 3 amide bonds. The van der Waals surface area contributed by atoms with Crippen LogP contribution in [0.2, 0.25) is 0 Å². The van der Waals surface area contributed by atoms with E-state index in [0.29, 0.717) is 19.3 Å². The fraction of sp³-hybridized carbons (Fsp3) is 0.611. The van der Waals surface area contributed by atoms with Crippen LogP contribution < -0.4 is 5.32 Å². The molecule has 4 heterocycles. The van der Waals surface area contributed by atoms with Gasteiger partial charge in [0, 0.05) is 18.5 Å². The Bertz CT molecular complexity index is 1380. The summed E-state index contributed by atoms with van der Waals surface area (Å²) in [4.78, 5) is 59.4. The van der Waals surface area contributed by atoms with Gasteiger partial charge < -0.3 is 29.7 Å². The fourth-order valence-corrected chi connectivity index (χ4v) is 8.04. The lowest BCUT2D eigenvalue weighted by atomic mass is 9.74. The highest BCUT2D eigenvalue weighted by Gasteiger charge is 2.74. The monoisotopic (exact) mass is 635 g/mol. The van der Waals surface area contributed by atoms with Crippen LogP contribution in [0.5, 0.6) is 0 Å². The number of cyclic esters (lactones) is 1. The number of aliphatic hydroxyl groups excluding tert-OH is 1. The zero-order chi connectivity index (χ0) is 33.4. The Balaban J connectivity index is 1.63. The molecule has 0 saturated carbocycles. The van der Waals surface area contributed by atoms with Crippen LogP contribution in [-0.4, -0.2) is 93.7 Å². The van der Waals surface area contributed by atoms with E-state index >= 15 is 4.79 Å². The Labute approximate surface area is 272 Å². The van der Waals surface area contributed by atoms with Gasteiger partial charge in [-0.2, -0.15) is 0 Å². The molecule has 46 heavy (non-hydrogen) atoms. The van der Waals surface area contributed by atoms with Crippen molar-refractivity contribution in [3.8, 4) is 0 Å². The van der Waals surface area contributed by atoms with E-state index in [-0.39, 0.29) is 43.3 Å². The number of nitrogens with one attached hydrogen (secondary N) is 1. The first-order valence-electron chi connectivity index (χ1n) is 16.5. The summed E-state index contributed by atoms with van der Waals surface area (Å²) in [6.45, 7) is 12.1.